The monoisotopic (exact) mass is 222 g/mol. The molecule has 0 N–H and O–H groups in total. The summed E-state index contributed by atoms with van der Waals surface area (Å²) in [6.45, 7) is 4.76. The van der Waals surface area contributed by atoms with Gasteiger partial charge in [-0.1, -0.05) is 13.8 Å². The van der Waals surface area contributed by atoms with Crippen molar-refractivity contribution < 1.29 is 13.9 Å². The summed E-state index contributed by atoms with van der Waals surface area (Å²) in [5, 5.41) is 0. The van der Waals surface area contributed by atoms with Crippen molar-refractivity contribution in [2.75, 3.05) is 6.61 Å². The summed E-state index contributed by atoms with van der Waals surface area (Å²) < 4.78 is 11.0. The SMILES string of the molecule is CCc1ccc(C(=O)C2CCOC2CC)o1. The Bertz CT molecular complexity index is 367. The first kappa shape index (κ1) is 11.4. The fourth-order valence-electron chi connectivity index (χ4n) is 2.23. The second kappa shape index (κ2) is 4.83. The number of carbonyl (C=O) groups excluding carboxylic acids is 1. The Morgan fingerprint density at radius 3 is 2.88 bits per heavy atom. The third-order valence-electron chi connectivity index (χ3n) is 3.20. The number of furan rings is 1. The molecule has 0 radical (unpaired) electrons. The van der Waals surface area contributed by atoms with Crippen molar-refractivity contribution in [2.24, 2.45) is 5.92 Å². The first-order valence-corrected chi connectivity index (χ1v) is 6.00. The van der Waals surface area contributed by atoms with Gasteiger partial charge < -0.3 is 9.15 Å². The van der Waals surface area contributed by atoms with Crippen LogP contribution in [-0.2, 0) is 11.2 Å². The van der Waals surface area contributed by atoms with Crippen molar-refractivity contribution in [2.45, 2.75) is 39.2 Å². The average Bonchev–Trinajstić information content (AvgIpc) is 2.96. The molecule has 0 aromatic carbocycles. The molecule has 3 nitrogen and oxygen atoms in total. The van der Waals surface area contributed by atoms with Gasteiger partial charge >= 0.3 is 0 Å². The highest BCUT2D eigenvalue weighted by Gasteiger charge is 2.34. The summed E-state index contributed by atoms with van der Waals surface area (Å²) in [6.07, 6.45) is 2.60. The third-order valence-corrected chi connectivity index (χ3v) is 3.20. The van der Waals surface area contributed by atoms with E-state index in [4.69, 9.17) is 9.15 Å². The van der Waals surface area contributed by atoms with Crippen molar-refractivity contribution in [3.8, 4) is 0 Å². The Labute approximate surface area is 95.8 Å². The van der Waals surface area contributed by atoms with Crippen LogP contribution in [0.3, 0.4) is 0 Å². The van der Waals surface area contributed by atoms with Crippen LogP contribution in [0.5, 0.6) is 0 Å². The van der Waals surface area contributed by atoms with Crippen LogP contribution in [0.2, 0.25) is 0 Å². The largest absolute Gasteiger partial charge is 0.458 e. The highest BCUT2D eigenvalue weighted by Crippen LogP contribution is 2.27. The summed E-state index contributed by atoms with van der Waals surface area (Å²) in [4.78, 5) is 12.2. The van der Waals surface area contributed by atoms with E-state index in [9.17, 15) is 4.79 Å². The number of ether oxygens (including phenoxy) is 1. The number of aryl methyl sites for hydroxylation is 1. The van der Waals surface area contributed by atoms with Crippen LogP contribution in [-0.4, -0.2) is 18.5 Å². The molecular weight excluding hydrogens is 204 g/mol. The van der Waals surface area contributed by atoms with Crippen molar-refractivity contribution in [3.05, 3.63) is 23.7 Å². The maximum atomic E-state index is 12.2. The molecule has 0 aliphatic carbocycles. The van der Waals surface area contributed by atoms with Gasteiger partial charge in [-0.05, 0) is 25.0 Å². The van der Waals surface area contributed by atoms with Crippen LogP contribution in [0.4, 0.5) is 0 Å². The van der Waals surface area contributed by atoms with E-state index in [0.717, 1.165) is 25.0 Å². The molecule has 0 bridgehead atoms. The molecule has 0 saturated carbocycles. The number of hydrogen-bond acceptors (Lipinski definition) is 3. The van der Waals surface area contributed by atoms with E-state index in [2.05, 4.69) is 6.92 Å². The molecule has 2 unspecified atom stereocenters. The zero-order valence-electron chi connectivity index (χ0n) is 9.86. The highest BCUT2D eigenvalue weighted by atomic mass is 16.5. The minimum absolute atomic E-state index is 0.0131. The Balaban J connectivity index is 2.12. The van der Waals surface area contributed by atoms with Crippen LogP contribution >= 0.6 is 0 Å². The summed E-state index contributed by atoms with van der Waals surface area (Å²) in [6, 6.07) is 3.66. The zero-order chi connectivity index (χ0) is 11.5. The molecule has 2 heterocycles. The van der Waals surface area contributed by atoms with Gasteiger partial charge in [-0.15, -0.1) is 0 Å². The van der Waals surface area contributed by atoms with E-state index < -0.39 is 0 Å². The van der Waals surface area contributed by atoms with Crippen LogP contribution in [0.1, 0.15) is 43.0 Å². The van der Waals surface area contributed by atoms with Crippen molar-refractivity contribution >= 4 is 5.78 Å². The maximum Gasteiger partial charge on any atom is 0.203 e. The highest BCUT2D eigenvalue weighted by molar-refractivity contribution is 5.95. The normalized spacial score (nSPS) is 24.9. The van der Waals surface area contributed by atoms with Gasteiger partial charge in [-0.3, -0.25) is 4.79 Å². The van der Waals surface area contributed by atoms with Gasteiger partial charge in [-0.2, -0.15) is 0 Å². The quantitative estimate of drug-likeness (QED) is 0.735. The van der Waals surface area contributed by atoms with Gasteiger partial charge in [0.1, 0.15) is 5.76 Å². The molecule has 2 rings (SSSR count). The topological polar surface area (TPSA) is 39.4 Å². The molecule has 88 valence electrons. The van der Waals surface area contributed by atoms with Crippen LogP contribution in [0, 0.1) is 5.92 Å². The summed E-state index contributed by atoms with van der Waals surface area (Å²) >= 11 is 0. The van der Waals surface area contributed by atoms with E-state index in [1.807, 2.05) is 13.0 Å². The summed E-state index contributed by atoms with van der Waals surface area (Å²) in [5.74, 6) is 1.45. The smallest absolute Gasteiger partial charge is 0.203 e. The second-order valence-corrected chi connectivity index (χ2v) is 4.20. The van der Waals surface area contributed by atoms with Crippen molar-refractivity contribution in [3.63, 3.8) is 0 Å². The lowest BCUT2D eigenvalue weighted by molar-refractivity contribution is 0.0667. The van der Waals surface area contributed by atoms with E-state index in [1.165, 1.54) is 0 Å². The standard InChI is InChI=1S/C13H18O3/c1-3-9-5-6-12(16-9)13(14)10-7-8-15-11(10)4-2/h5-6,10-11H,3-4,7-8H2,1-2H3. The Hall–Kier alpha value is -1.09. The Morgan fingerprint density at radius 1 is 1.44 bits per heavy atom. The minimum Gasteiger partial charge on any atom is -0.458 e. The number of rotatable bonds is 4. The average molecular weight is 222 g/mol. The lowest BCUT2D eigenvalue weighted by atomic mass is 9.93. The number of hydrogen-bond donors (Lipinski definition) is 0. The van der Waals surface area contributed by atoms with Gasteiger partial charge in [0.05, 0.1) is 12.0 Å². The lowest BCUT2D eigenvalue weighted by Gasteiger charge is -2.13. The van der Waals surface area contributed by atoms with E-state index in [1.54, 1.807) is 6.07 Å². The van der Waals surface area contributed by atoms with Crippen LogP contribution in [0.25, 0.3) is 0 Å². The summed E-state index contributed by atoms with van der Waals surface area (Å²) in [7, 11) is 0. The maximum absolute atomic E-state index is 12.2. The predicted molar refractivity (Wildman–Crippen MR) is 60.6 cm³/mol. The number of Topliss-reactive ketones (excluding diaryl/α,β-unsaturated/α-hetero) is 1. The molecule has 1 aromatic heterocycles. The molecule has 1 aliphatic heterocycles. The Kier molecular flexibility index (Phi) is 3.44. The molecule has 1 aliphatic rings. The first-order valence-electron chi connectivity index (χ1n) is 6.00. The summed E-state index contributed by atoms with van der Waals surface area (Å²) in [5.41, 5.74) is 0. The molecule has 16 heavy (non-hydrogen) atoms. The minimum atomic E-state index is -0.0131. The van der Waals surface area contributed by atoms with Gasteiger partial charge in [0.25, 0.3) is 0 Å². The lowest BCUT2D eigenvalue weighted by Crippen LogP contribution is -2.23. The van der Waals surface area contributed by atoms with Gasteiger partial charge in [0.15, 0.2) is 5.76 Å². The van der Waals surface area contributed by atoms with Gasteiger partial charge in [0, 0.05) is 13.0 Å². The zero-order valence-corrected chi connectivity index (χ0v) is 9.86. The van der Waals surface area contributed by atoms with Crippen molar-refractivity contribution in [1.82, 2.24) is 0 Å². The Morgan fingerprint density at radius 2 is 2.25 bits per heavy atom. The molecule has 1 saturated heterocycles. The van der Waals surface area contributed by atoms with Gasteiger partial charge in [-0.25, -0.2) is 0 Å². The van der Waals surface area contributed by atoms with E-state index >= 15 is 0 Å². The fraction of sp³-hybridized carbons (Fsp3) is 0.615. The van der Waals surface area contributed by atoms with Crippen molar-refractivity contribution in [1.29, 1.82) is 0 Å². The number of ketones is 1. The molecule has 3 heteroatoms. The van der Waals surface area contributed by atoms with Crippen LogP contribution < -0.4 is 0 Å². The molecule has 0 amide bonds. The van der Waals surface area contributed by atoms with E-state index in [0.29, 0.717) is 12.4 Å². The third kappa shape index (κ3) is 2.05. The molecule has 1 fully saturated rings. The first-order chi connectivity index (χ1) is 7.76. The van der Waals surface area contributed by atoms with Gasteiger partial charge in [0.2, 0.25) is 5.78 Å². The molecule has 0 spiro atoms. The van der Waals surface area contributed by atoms with Crippen LogP contribution in [0.15, 0.2) is 16.5 Å². The molecule has 2 atom stereocenters. The van der Waals surface area contributed by atoms with E-state index in [-0.39, 0.29) is 17.8 Å². The second-order valence-electron chi connectivity index (χ2n) is 4.20. The number of carbonyl (C=O) groups is 1. The molecular formula is C13H18O3. The molecule has 1 aromatic rings. The fourth-order valence-corrected chi connectivity index (χ4v) is 2.23. The predicted octanol–water partition coefficient (Wildman–Crippen LogP) is 2.84.